The molecule has 1 saturated heterocycles. The van der Waals surface area contributed by atoms with Crippen molar-refractivity contribution < 1.29 is 9.47 Å². The molecule has 3 heterocycles. The number of hydrogen-bond donors (Lipinski definition) is 2. The standard InChI is InChI=1S/C28H37N5O2S/c1-4-32(5-2)15-6-13-30-27-26(35-27)22-11-12-24-25(17-22)36-28-31-23(19-33(24)28)21-9-7-20(8-10-21)18-29-14-16-34-3/h7-12,17,19,26-27,29-30H,4-6,13-16,18H2,1-3H3. The molecule has 2 aromatic heterocycles. The zero-order valence-electron chi connectivity index (χ0n) is 21.5. The number of aromatic nitrogens is 2. The Morgan fingerprint density at radius 2 is 1.94 bits per heavy atom. The number of imidazole rings is 1. The van der Waals surface area contributed by atoms with Gasteiger partial charge in [-0.25, -0.2) is 4.98 Å². The summed E-state index contributed by atoms with van der Waals surface area (Å²) < 4.78 is 14.5. The Balaban J connectivity index is 1.19. The van der Waals surface area contributed by atoms with Crippen LogP contribution in [-0.4, -0.2) is 67.0 Å². The zero-order chi connectivity index (χ0) is 24.9. The molecule has 0 aliphatic carbocycles. The number of hydrogen-bond acceptors (Lipinski definition) is 7. The van der Waals surface area contributed by atoms with E-state index < -0.39 is 0 Å². The van der Waals surface area contributed by atoms with Gasteiger partial charge in [-0.15, -0.1) is 0 Å². The van der Waals surface area contributed by atoms with Gasteiger partial charge in [0.05, 0.1) is 22.5 Å². The molecule has 36 heavy (non-hydrogen) atoms. The molecule has 4 aromatic rings. The highest BCUT2D eigenvalue weighted by atomic mass is 32.1. The molecular weight excluding hydrogens is 470 g/mol. The molecule has 2 atom stereocenters. The van der Waals surface area contributed by atoms with E-state index in [0.717, 1.165) is 68.5 Å². The first kappa shape index (κ1) is 25.3. The van der Waals surface area contributed by atoms with Crippen molar-refractivity contribution >= 4 is 26.5 Å². The molecule has 1 fully saturated rings. The number of ether oxygens (including phenoxy) is 2. The minimum atomic E-state index is 0.132. The molecule has 1 aliphatic rings. The second-order valence-corrected chi connectivity index (χ2v) is 10.3. The first-order chi connectivity index (χ1) is 17.7. The molecule has 7 nitrogen and oxygen atoms in total. The van der Waals surface area contributed by atoms with Crippen LogP contribution in [0.1, 0.15) is 37.5 Å². The van der Waals surface area contributed by atoms with Gasteiger partial charge in [0.2, 0.25) is 0 Å². The van der Waals surface area contributed by atoms with Crippen molar-refractivity contribution in [3.8, 4) is 11.3 Å². The van der Waals surface area contributed by atoms with Crippen LogP contribution >= 0.6 is 11.3 Å². The van der Waals surface area contributed by atoms with E-state index in [4.69, 9.17) is 14.5 Å². The van der Waals surface area contributed by atoms with Crippen LogP contribution < -0.4 is 10.6 Å². The largest absolute Gasteiger partial charge is 0.383 e. The number of benzene rings is 2. The highest BCUT2D eigenvalue weighted by Gasteiger charge is 2.39. The lowest BCUT2D eigenvalue weighted by molar-refractivity contribution is 0.199. The lowest BCUT2D eigenvalue weighted by Crippen LogP contribution is -2.28. The average Bonchev–Trinajstić information content (AvgIpc) is 3.44. The number of thiazole rings is 1. The molecular formula is C28H37N5O2S. The van der Waals surface area contributed by atoms with Crippen LogP contribution in [0.2, 0.25) is 0 Å². The Bertz CT molecular complexity index is 1260. The Hall–Kier alpha value is -2.33. The van der Waals surface area contributed by atoms with Gasteiger partial charge in [0.15, 0.2) is 4.96 Å². The van der Waals surface area contributed by atoms with Crippen molar-refractivity contribution in [1.29, 1.82) is 0 Å². The summed E-state index contributed by atoms with van der Waals surface area (Å²) in [6.07, 6.45) is 3.57. The van der Waals surface area contributed by atoms with Crippen molar-refractivity contribution in [2.45, 2.75) is 39.1 Å². The topological polar surface area (TPSA) is 66.4 Å². The number of rotatable bonds is 14. The van der Waals surface area contributed by atoms with E-state index in [9.17, 15) is 0 Å². The van der Waals surface area contributed by atoms with E-state index in [0.29, 0.717) is 0 Å². The predicted octanol–water partition coefficient (Wildman–Crippen LogP) is 4.67. The third-order valence-electron chi connectivity index (χ3n) is 6.89. The van der Waals surface area contributed by atoms with Crippen LogP contribution in [0.25, 0.3) is 26.4 Å². The van der Waals surface area contributed by atoms with Crippen LogP contribution in [0.5, 0.6) is 0 Å². The fourth-order valence-corrected chi connectivity index (χ4v) is 5.70. The smallest absolute Gasteiger partial charge is 0.195 e. The summed E-state index contributed by atoms with van der Waals surface area (Å²) in [6, 6.07) is 15.3. The lowest BCUT2D eigenvalue weighted by atomic mass is 10.1. The molecule has 2 aromatic carbocycles. The second-order valence-electron chi connectivity index (χ2n) is 9.29. The lowest BCUT2D eigenvalue weighted by Gasteiger charge is -2.17. The van der Waals surface area contributed by atoms with E-state index in [1.165, 1.54) is 21.3 Å². The van der Waals surface area contributed by atoms with Gasteiger partial charge in [-0.2, -0.15) is 0 Å². The number of fused-ring (bicyclic) bond motifs is 3. The third-order valence-corrected chi connectivity index (χ3v) is 7.91. The van der Waals surface area contributed by atoms with Gasteiger partial charge < -0.3 is 19.7 Å². The molecule has 1 aliphatic heterocycles. The normalized spacial score (nSPS) is 17.6. The summed E-state index contributed by atoms with van der Waals surface area (Å²) in [7, 11) is 1.72. The third kappa shape index (κ3) is 5.80. The molecule has 0 bridgehead atoms. The maximum Gasteiger partial charge on any atom is 0.195 e. The molecule has 0 spiro atoms. The fourth-order valence-electron chi connectivity index (χ4n) is 4.64. The minimum absolute atomic E-state index is 0.132. The monoisotopic (exact) mass is 507 g/mol. The summed E-state index contributed by atoms with van der Waals surface area (Å²) in [6.45, 7) is 11.2. The fraction of sp³-hybridized carbons (Fsp3) is 0.464. The van der Waals surface area contributed by atoms with Gasteiger partial charge in [0.25, 0.3) is 0 Å². The van der Waals surface area contributed by atoms with Gasteiger partial charge in [0, 0.05) is 32.0 Å². The van der Waals surface area contributed by atoms with Gasteiger partial charge in [-0.1, -0.05) is 55.5 Å². The molecule has 0 saturated carbocycles. The zero-order valence-corrected chi connectivity index (χ0v) is 22.3. The first-order valence-corrected chi connectivity index (χ1v) is 13.8. The van der Waals surface area contributed by atoms with Gasteiger partial charge >= 0.3 is 0 Å². The van der Waals surface area contributed by atoms with Gasteiger partial charge in [-0.05, 0) is 55.9 Å². The summed E-state index contributed by atoms with van der Waals surface area (Å²) in [5.41, 5.74) is 5.83. The van der Waals surface area contributed by atoms with Crippen molar-refractivity contribution in [1.82, 2.24) is 24.9 Å². The SMILES string of the molecule is CCN(CC)CCCNC1OC1c1ccc2c(c1)sc1nc(-c3ccc(CNCCOC)cc3)cn12. The number of nitrogens with zero attached hydrogens (tertiary/aromatic N) is 3. The van der Waals surface area contributed by atoms with Crippen LogP contribution in [0, 0.1) is 0 Å². The first-order valence-electron chi connectivity index (χ1n) is 13.0. The summed E-state index contributed by atoms with van der Waals surface area (Å²) >= 11 is 1.73. The van der Waals surface area contributed by atoms with E-state index in [-0.39, 0.29) is 12.3 Å². The van der Waals surface area contributed by atoms with E-state index >= 15 is 0 Å². The number of epoxide rings is 1. The highest BCUT2D eigenvalue weighted by molar-refractivity contribution is 7.23. The van der Waals surface area contributed by atoms with Crippen molar-refractivity contribution in [2.24, 2.45) is 0 Å². The maximum atomic E-state index is 5.94. The molecule has 2 N–H and O–H groups in total. The number of nitrogens with one attached hydrogen (secondary N) is 2. The average molecular weight is 508 g/mol. The van der Waals surface area contributed by atoms with Crippen LogP contribution in [0.15, 0.2) is 48.7 Å². The second kappa shape index (κ2) is 11.8. The Kier molecular flexibility index (Phi) is 8.31. The Morgan fingerprint density at radius 3 is 2.72 bits per heavy atom. The molecule has 2 unspecified atom stereocenters. The quantitative estimate of drug-likeness (QED) is 0.191. The minimum Gasteiger partial charge on any atom is -0.383 e. The Morgan fingerprint density at radius 1 is 1.11 bits per heavy atom. The van der Waals surface area contributed by atoms with Crippen LogP contribution in [-0.2, 0) is 16.0 Å². The van der Waals surface area contributed by atoms with Crippen molar-refractivity contribution in [3.05, 3.63) is 59.8 Å². The Labute approximate surface area is 217 Å². The number of methoxy groups -OCH3 is 1. The molecule has 8 heteroatoms. The molecule has 5 rings (SSSR count). The van der Waals surface area contributed by atoms with Gasteiger partial charge in [0.1, 0.15) is 12.3 Å². The van der Waals surface area contributed by atoms with E-state index in [1.807, 2.05) is 0 Å². The van der Waals surface area contributed by atoms with Crippen molar-refractivity contribution in [2.75, 3.05) is 46.4 Å². The maximum absolute atomic E-state index is 5.94. The van der Waals surface area contributed by atoms with Crippen molar-refractivity contribution in [3.63, 3.8) is 0 Å². The molecule has 0 amide bonds. The van der Waals surface area contributed by atoms with E-state index in [1.54, 1.807) is 18.4 Å². The summed E-state index contributed by atoms with van der Waals surface area (Å²) in [4.78, 5) is 8.40. The summed E-state index contributed by atoms with van der Waals surface area (Å²) in [5.74, 6) is 0. The van der Waals surface area contributed by atoms with Gasteiger partial charge in [-0.3, -0.25) is 9.72 Å². The molecule has 0 radical (unpaired) electrons. The predicted molar refractivity (Wildman–Crippen MR) is 148 cm³/mol. The highest BCUT2D eigenvalue weighted by Crippen LogP contribution is 2.39. The summed E-state index contributed by atoms with van der Waals surface area (Å²) in [5, 5.41) is 6.93. The van der Waals surface area contributed by atoms with Crippen LogP contribution in [0.3, 0.4) is 0 Å². The van der Waals surface area contributed by atoms with E-state index in [2.05, 4.69) is 82.4 Å². The van der Waals surface area contributed by atoms with Crippen LogP contribution in [0.4, 0.5) is 0 Å². The molecule has 192 valence electrons.